The smallest absolute Gasteiger partial charge is 0.384 e. The summed E-state index contributed by atoms with van der Waals surface area (Å²) in [6.07, 6.45) is -5.79. The van der Waals surface area contributed by atoms with E-state index in [-0.39, 0.29) is 5.56 Å². The molecule has 2 nitrogen and oxygen atoms in total. The minimum Gasteiger partial charge on any atom is -0.384 e. The van der Waals surface area contributed by atoms with Gasteiger partial charge in [-0.3, -0.25) is 0 Å². The third kappa shape index (κ3) is 3.36. The lowest BCUT2D eigenvalue weighted by Gasteiger charge is -2.19. The minimum atomic E-state index is -4.48. The van der Waals surface area contributed by atoms with E-state index in [9.17, 15) is 18.3 Å². The molecule has 0 saturated carbocycles. The minimum absolute atomic E-state index is 0.136. The molecule has 0 fully saturated rings. The number of hydrogen-bond acceptors (Lipinski definition) is 2. The summed E-state index contributed by atoms with van der Waals surface area (Å²) in [5, 5.41) is 10.3. The van der Waals surface area contributed by atoms with Crippen LogP contribution in [0.15, 0.2) is 48.5 Å². The standard InChI is InChI=1S/C16H16F3NO/c1-20(2)12-9-7-11(8-10-12)15(21)13-5-3-4-6-14(13)16(17,18)19/h3-10,15,21H,1-2H3. The van der Waals surface area contributed by atoms with Gasteiger partial charge in [0.05, 0.1) is 5.56 Å². The van der Waals surface area contributed by atoms with Crippen molar-refractivity contribution in [1.29, 1.82) is 0 Å². The molecule has 5 heteroatoms. The number of benzene rings is 2. The monoisotopic (exact) mass is 295 g/mol. The van der Waals surface area contributed by atoms with Crippen LogP contribution in [0.4, 0.5) is 18.9 Å². The SMILES string of the molecule is CN(C)c1ccc(C(O)c2ccccc2C(F)(F)F)cc1. The number of alkyl halides is 3. The van der Waals surface area contributed by atoms with Gasteiger partial charge < -0.3 is 10.0 Å². The van der Waals surface area contributed by atoms with Crippen molar-refractivity contribution in [2.24, 2.45) is 0 Å². The first-order chi connectivity index (χ1) is 9.80. The number of aliphatic hydroxyl groups is 1. The van der Waals surface area contributed by atoms with Crippen LogP contribution in [0.3, 0.4) is 0 Å². The summed E-state index contributed by atoms with van der Waals surface area (Å²) < 4.78 is 38.9. The summed E-state index contributed by atoms with van der Waals surface area (Å²) in [5.41, 5.74) is 0.393. The topological polar surface area (TPSA) is 23.5 Å². The van der Waals surface area contributed by atoms with Crippen molar-refractivity contribution in [2.75, 3.05) is 19.0 Å². The highest BCUT2D eigenvalue weighted by molar-refractivity contribution is 5.48. The maximum Gasteiger partial charge on any atom is 0.416 e. The molecule has 0 aromatic heterocycles. The van der Waals surface area contributed by atoms with E-state index in [2.05, 4.69) is 0 Å². The quantitative estimate of drug-likeness (QED) is 0.929. The van der Waals surface area contributed by atoms with Crippen LogP contribution in [0.5, 0.6) is 0 Å². The van der Waals surface area contributed by atoms with Gasteiger partial charge in [-0.05, 0) is 29.3 Å². The third-order valence-corrected chi connectivity index (χ3v) is 3.29. The van der Waals surface area contributed by atoms with E-state index >= 15 is 0 Å². The van der Waals surface area contributed by atoms with Crippen LogP contribution in [0, 0.1) is 0 Å². The van der Waals surface area contributed by atoms with Crippen LogP contribution in [-0.2, 0) is 6.18 Å². The molecular formula is C16H16F3NO. The van der Waals surface area contributed by atoms with Crippen LogP contribution < -0.4 is 4.90 Å². The van der Waals surface area contributed by atoms with Gasteiger partial charge in [0.1, 0.15) is 6.10 Å². The van der Waals surface area contributed by atoms with Crippen LogP contribution in [0.1, 0.15) is 22.8 Å². The molecule has 0 aliphatic rings. The molecule has 0 radical (unpaired) electrons. The number of nitrogens with zero attached hydrogens (tertiary/aromatic N) is 1. The molecule has 0 bridgehead atoms. The highest BCUT2D eigenvalue weighted by atomic mass is 19.4. The second-order valence-electron chi connectivity index (χ2n) is 4.97. The predicted octanol–water partition coefficient (Wildman–Crippen LogP) is 3.85. The lowest BCUT2D eigenvalue weighted by atomic mass is 9.96. The Kier molecular flexibility index (Phi) is 4.23. The molecule has 21 heavy (non-hydrogen) atoms. The molecule has 1 N–H and O–H groups in total. The Balaban J connectivity index is 2.38. The van der Waals surface area contributed by atoms with Gasteiger partial charge in [-0.2, -0.15) is 13.2 Å². The summed E-state index contributed by atoms with van der Waals surface area (Å²) in [6, 6.07) is 11.9. The van der Waals surface area contributed by atoms with Gasteiger partial charge in [-0.15, -0.1) is 0 Å². The van der Waals surface area contributed by atoms with Crippen LogP contribution in [0.25, 0.3) is 0 Å². The van der Waals surface area contributed by atoms with E-state index in [0.717, 1.165) is 11.8 Å². The molecule has 2 aromatic carbocycles. The normalized spacial score (nSPS) is 13.0. The number of rotatable bonds is 3. The highest BCUT2D eigenvalue weighted by Gasteiger charge is 2.34. The molecule has 0 saturated heterocycles. The average Bonchev–Trinajstić information content (AvgIpc) is 2.45. The van der Waals surface area contributed by atoms with Crippen molar-refractivity contribution in [1.82, 2.24) is 0 Å². The van der Waals surface area contributed by atoms with Crippen molar-refractivity contribution in [3.8, 4) is 0 Å². The first-order valence-electron chi connectivity index (χ1n) is 6.42. The molecule has 0 amide bonds. The third-order valence-electron chi connectivity index (χ3n) is 3.29. The van der Waals surface area contributed by atoms with E-state index in [1.165, 1.54) is 18.2 Å². The van der Waals surface area contributed by atoms with Crippen LogP contribution >= 0.6 is 0 Å². The first-order valence-corrected chi connectivity index (χ1v) is 6.42. The van der Waals surface area contributed by atoms with Gasteiger partial charge in [-0.1, -0.05) is 30.3 Å². The average molecular weight is 295 g/mol. The van der Waals surface area contributed by atoms with Crippen molar-refractivity contribution in [3.05, 3.63) is 65.2 Å². The van der Waals surface area contributed by atoms with Gasteiger partial charge in [0.25, 0.3) is 0 Å². The van der Waals surface area contributed by atoms with Gasteiger partial charge in [0.15, 0.2) is 0 Å². The van der Waals surface area contributed by atoms with Crippen molar-refractivity contribution in [2.45, 2.75) is 12.3 Å². The summed E-state index contributed by atoms with van der Waals surface area (Å²) >= 11 is 0. The van der Waals surface area contributed by atoms with E-state index in [1.54, 1.807) is 24.3 Å². The number of hydrogen-bond donors (Lipinski definition) is 1. The van der Waals surface area contributed by atoms with E-state index < -0.39 is 17.8 Å². The zero-order valence-corrected chi connectivity index (χ0v) is 11.7. The van der Waals surface area contributed by atoms with Gasteiger partial charge in [0, 0.05) is 19.8 Å². The van der Waals surface area contributed by atoms with E-state index in [1.807, 2.05) is 19.0 Å². The lowest BCUT2D eigenvalue weighted by molar-refractivity contribution is -0.139. The number of anilines is 1. The highest BCUT2D eigenvalue weighted by Crippen LogP contribution is 2.36. The Labute approximate surface area is 121 Å². The van der Waals surface area contributed by atoms with Crippen molar-refractivity contribution in [3.63, 3.8) is 0 Å². The zero-order chi connectivity index (χ0) is 15.6. The fourth-order valence-corrected chi connectivity index (χ4v) is 2.13. The molecule has 112 valence electrons. The van der Waals surface area contributed by atoms with Gasteiger partial charge >= 0.3 is 6.18 Å². The lowest BCUT2D eigenvalue weighted by Crippen LogP contribution is -2.13. The molecule has 2 rings (SSSR count). The Morgan fingerprint density at radius 1 is 0.952 bits per heavy atom. The van der Waals surface area contributed by atoms with Crippen LogP contribution in [0.2, 0.25) is 0 Å². The molecule has 2 aromatic rings. The first kappa shape index (κ1) is 15.4. The Bertz CT molecular complexity index is 606. The Morgan fingerprint density at radius 3 is 2.05 bits per heavy atom. The van der Waals surface area contributed by atoms with Crippen molar-refractivity contribution >= 4 is 5.69 Å². The van der Waals surface area contributed by atoms with E-state index in [4.69, 9.17) is 0 Å². The molecule has 1 atom stereocenters. The molecule has 0 heterocycles. The fourth-order valence-electron chi connectivity index (χ4n) is 2.13. The maximum atomic E-state index is 13.0. The number of aliphatic hydroxyl groups excluding tert-OH is 1. The molecular weight excluding hydrogens is 279 g/mol. The second-order valence-corrected chi connectivity index (χ2v) is 4.97. The molecule has 1 unspecified atom stereocenters. The molecule has 0 aliphatic carbocycles. The summed E-state index contributed by atoms with van der Waals surface area (Å²) in [7, 11) is 3.73. The molecule has 0 aliphatic heterocycles. The zero-order valence-electron chi connectivity index (χ0n) is 11.7. The summed E-state index contributed by atoms with van der Waals surface area (Å²) in [4.78, 5) is 1.87. The molecule has 0 spiro atoms. The van der Waals surface area contributed by atoms with Gasteiger partial charge in [0.2, 0.25) is 0 Å². The van der Waals surface area contributed by atoms with Gasteiger partial charge in [-0.25, -0.2) is 0 Å². The maximum absolute atomic E-state index is 13.0. The summed E-state index contributed by atoms with van der Waals surface area (Å²) in [6.45, 7) is 0. The fraction of sp³-hybridized carbons (Fsp3) is 0.250. The second kappa shape index (κ2) is 5.77. The largest absolute Gasteiger partial charge is 0.416 e. The Morgan fingerprint density at radius 2 is 1.52 bits per heavy atom. The Hall–Kier alpha value is -2.01. The van der Waals surface area contributed by atoms with Crippen LogP contribution in [-0.4, -0.2) is 19.2 Å². The van der Waals surface area contributed by atoms with E-state index in [0.29, 0.717) is 5.56 Å². The number of halogens is 3. The predicted molar refractivity (Wildman–Crippen MR) is 76.3 cm³/mol. The summed E-state index contributed by atoms with van der Waals surface area (Å²) in [5.74, 6) is 0. The van der Waals surface area contributed by atoms with Crippen molar-refractivity contribution < 1.29 is 18.3 Å².